The molecule has 0 aliphatic carbocycles. The maximum Gasteiger partial charge on any atom is 0.223 e. The molecule has 1 saturated heterocycles. The first kappa shape index (κ1) is 22.0. The summed E-state index contributed by atoms with van der Waals surface area (Å²) in [5, 5.41) is 5.61. The third-order valence-electron chi connectivity index (χ3n) is 6.30. The highest BCUT2D eigenvalue weighted by atomic mass is 16.2. The highest BCUT2D eigenvalue weighted by molar-refractivity contribution is 5.83. The van der Waals surface area contributed by atoms with Crippen LogP contribution in [0.1, 0.15) is 30.4 Å². The molecule has 4 rings (SSSR count). The van der Waals surface area contributed by atoms with Gasteiger partial charge in [0.05, 0.1) is 0 Å². The highest BCUT2D eigenvalue weighted by Crippen LogP contribution is 2.22. The normalized spacial score (nSPS) is 16.0. The predicted octanol–water partition coefficient (Wildman–Crippen LogP) is 3.65. The molecule has 0 radical (unpaired) electrons. The van der Waals surface area contributed by atoms with Gasteiger partial charge in [-0.1, -0.05) is 66.7 Å². The van der Waals surface area contributed by atoms with Crippen LogP contribution in [0.25, 0.3) is 10.8 Å². The summed E-state index contributed by atoms with van der Waals surface area (Å²) in [4.78, 5) is 26.8. The molecule has 1 unspecified atom stereocenters. The van der Waals surface area contributed by atoms with Crippen molar-refractivity contribution in [3.8, 4) is 0 Å². The van der Waals surface area contributed by atoms with Crippen LogP contribution >= 0.6 is 0 Å². The molecule has 2 amide bonds. The first-order valence-electron chi connectivity index (χ1n) is 11.4. The van der Waals surface area contributed by atoms with Gasteiger partial charge in [-0.2, -0.15) is 0 Å². The Labute approximate surface area is 189 Å². The van der Waals surface area contributed by atoms with E-state index in [0.717, 1.165) is 38.0 Å². The summed E-state index contributed by atoms with van der Waals surface area (Å²) in [5.74, 6) is -0.372. The smallest absolute Gasteiger partial charge is 0.223 e. The van der Waals surface area contributed by atoms with E-state index in [4.69, 9.17) is 5.73 Å². The summed E-state index contributed by atoms with van der Waals surface area (Å²) in [6, 6.07) is 24.7. The van der Waals surface area contributed by atoms with E-state index in [2.05, 4.69) is 52.7 Å². The van der Waals surface area contributed by atoms with Crippen LogP contribution in [-0.4, -0.2) is 35.8 Å². The number of amides is 2. The lowest BCUT2D eigenvalue weighted by Gasteiger charge is -2.32. The van der Waals surface area contributed by atoms with Crippen LogP contribution in [0, 0.1) is 5.92 Å². The quantitative estimate of drug-likeness (QED) is 0.574. The van der Waals surface area contributed by atoms with Crippen molar-refractivity contribution in [3.05, 3.63) is 83.9 Å². The van der Waals surface area contributed by atoms with Crippen LogP contribution in [0.3, 0.4) is 0 Å². The number of nitrogens with two attached hydrogens (primary N) is 1. The van der Waals surface area contributed by atoms with E-state index in [9.17, 15) is 9.59 Å². The number of nitrogens with zero attached hydrogens (tertiary/aromatic N) is 1. The fourth-order valence-corrected chi connectivity index (χ4v) is 4.58. The average Bonchev–Trinajstić information content (AvgIpc) is 2.79. The Morgan fingerprint density at radius 3 is 2.31 bits per heavy atom. The molecule has 166 valence electrons. The molecule has 0 bridgehead atoms. The van der Waals surface area contributed by atoms with Crippen molar-refractivity contribution in [1.82, 2.24) is 10.2 Å². The first-order chi connectivity index (χ1) is 15.6. The van der Waals surface area contributed by atoms with Crippen LogP contribution in [0.5, 0.6) is 0 Å². The monoisotopic (exact) mass is 429 g/mol. The number of primary amides is 1. The minimum Gasteiger partial charge on any atom is -0.370 e. The second kappa shape index (κ2) is 10.4. The molecule has 1 atom stereocenters. The zero-order valence-electron chi connectivity index (χ0n) is 18.4. The number of carbonyl (C=O) groups excluding carboxylic acids is 2. The van der Waals surface area contributed by atoms with Crippen LogP contribution in [0.15, 0.2) is 72.8 Å². The van der Waals surface area contributed by atoms with Crippen LogP contribution in [0.2, 0.25) is 0 Å². The average molecular weight is 430 g/mol. The second-order valence-electron chi connectivity index (χ2n) is 8.80. The molecule has 1 fully saturated rings. The number of fused-ring (bicyclic) bond motifs is 1. The molecule has 5 heteroatoms. The summed E-state index contributed by atoms with van der Waals surface area (Å²) in [5.41, 5.74) is 7.82. The molecule has 0 aromatic heterocycles. The van der Waals surface area contributed by atoms with Crippen LogP contribution in [0.4, 0.5) is 0 Å². The SMILES string of the molecule is NC(=O)CC(Cc1ccccc1)NC(=O)C1CCN(Cc2ccc3ccccc3c2)CC1. The number of hydrogen-bond donors (Lipinski definition) is 2. The molecular formula is C27H31N3O2. The number of rotatable bonds is 8. The van der Waals surface area contributed by atoms with Crippen molar-refractivity contribution in [2.75, 3.05) is 13.1 Å². The van der Waals surface area contributed by atoms with E-state index in [1.54, 1.807) is 0 Å². The number of nitrogens with one attached hydrogen (secondary N) is 1. The molecule has 32 heavy (non-hydrogen) atoms. The molecule has 3 N–H and O–H groups in total. The van der Waals surface area contributed by atoms with Crippen molar-refractivity contribution in [2.24, 2.45) is 11.7 Å². The third kappa shape index (κ3) is 5.95. The predicted molar refractivity (Wildman–Crippen MR) is 128 cm³/mol. The zero-order valence-corrected chi connectivity index (χ0v) is 18.4. The standard InChI is InChI=1S/C27H31N3O2/c28-26(31)18-25(17-20-6-2-1-3-7-20)29-27(32)23-12-14-30(15-13-23)19-21-10-11-22-8-4-5-9-24(22)16-21/h1-11,16,23,25H,12-15,17-19H2,(H2,28,31)(H,29,32). The number of carbonyl (C=O) groups is 2. The van der Waals surface area contributed by atoms with Gasteiger partial charge in [0.2, 0.25) is 11.8 Å². The first-order valence-corrected chi connectivity index (χ1v) is 11.4. The van der Waals surface area contributed by atoms with Gasteiger partial charge in [0.15, 0.2) is 0 Å². The number of likely N-dealkylation sites (tertiary alicyclic amines) is 1. The molecule has 3 aromatic rings. The van der Waals surface area contributed by atoms with Gasteiger partial charge in [0.1, 0.15) is 0 Å². The Hall–Kier alpha value is -3.18. The van der Waals surface area contributed by atoms with Gasteiger partial charge in [0.25, 0.3) is 0 Å². The van der Waals surface area contributed by atoms with Gasteiger partial charge in [-0.25, -0.2) is 0 Å². The Kier molecular flexibility index (Phi) is 7.17. The summed E-state index contributed by atoms with van der Waals surface area (Å²) in [6.07, 6.45) is 2.42. The van der Waals surface area contributed by atoms with Crippen LogP contribution in [-0.2, 0) is 22.6 Å². The Morgan fingerprint density at radius 1 is 0.906 bits per heavy atom. The fourth-order valence-electron chi connectivity index (χ4n) is 4.58. The Balaban J connectivity index is 1.30. The lowest BCUT2D eigenvalue weighted by molar-refractivity contribution is -0.127. The van der Waals surface area contributed by atoms with Gasteiger partial charge < -0.3 is 11.1 Å². The largest absolute Gasteiger partial charge is 0.370 e. The molecule has 1 aliphatic heterocycles. The van der Waals surface area contributed by atoms with Crippen molar-refractivity contribution >= 4 is 22.6 Å². The van der Waals surface area contributed by atoms with E-state index in [1.165, 1.54) is 16.3 Å². The van der Waals surface area contributed by atoms with E-state index in [0.29, 0.717) is 6.42 Å². The number of benzene rings is 3. The molecule has 1 heterocycles. The Bertz CT molecular complexity index is 1060. The summed E-state index contributed by atoms with van der Waals surface area (Å²) >= 11 is 0. The van der Waals surface area contributed by atoms with E-state index in [1.807, 2.05) is 30.3 Å². The molecule has 0 saturated carbocycles. The number of piperidine rings is 1. The lowest BCUT2D eigenvalue weighted by Crippen LogP contribution is -2.45. The maximum absolute atomic E-state index is 12.9. The van der Waals surface area contributed by atoms with E-state index in [-0.39, 0.29) is 24.3 Å². The highest BCUT2D eigenvalue weighted by Gasteiger charge is 2.27. The van der Waals surface area contributed by atoms with Crippen molar-refractivity contribution in [3.63, 3.8) is 0 Å². The van der Waals surface area contributed by atoms with Crippen molar-refractivity contribution in [1.29, 1.82) is 0 Å². The molecule has 3 aromatic carbocycles. The summed E-state index contributed by atoms with van der Waals surface area (Å²) in [6.45, 7) is 2.69. The van der Waals surface area contributed by atoms with Gasteiger partial charge in [-0.15, -0.1) is 0 Å². The van der Waals surface area contributed by atoms with Gasteiger partial charge in [-0.3, -0.25) is 14.5 Å². The number of hydrogen-bond acceptors (Lipinski definition) is 3. The molecule has 1 aliphatic rings. The summed E-state index contributed by atoms with van der Waals surface area (Å²) in [7, 11) is 0. The van der Waals surface area contributed by atoms with Crippen LogP contribution < -0.4 is 11.1 Å². The maximum atomic E-state index is 12.9. The van der Waals surface area contributed by atoms with Gasteiger partial charge >= 0.3 is 0 Å². The molecule has 5 nitrogen and oxygen atoms in total. The lowest BCUT2D eigenvalue weighted by atomic mass is 9.94. The van der Waals surface area contributed by atoms with Crippen molar-refractivity contribution < 1.29 is 9.59 Å². The van der Waals surface area contributed by atoms with Crippen molar-refractivity contribution in [2.45, 2.75) is 38.3 Å². The van der Waals surface area contributed by atoms with Gasteiger partial charge in [-0.05, 0) is 60.3 Å². The molecule has 0 spiro atoms. The second-order valence-corrected chi connectivity index (χ2v) is 8.80. The van der Waals surface area contributed by atoms with Gasteiger partial charge in [0, 0.05) is 24.9 Å². The van der Waals surface area contributed by atoms with E-state index >= 15 is 0 Å². The minimum absolute atomic E-state index is 0.0194. The topological polar surface area (TPSA) is 75.4 Å². The Morgan fingerprint density at radius 2 is 1.59 bits per heavy atom. The third-order valence-corrected chi connectivity index (χ3v) is 6.30. The molecular weight excluding hydrogens is 398 g/mol. The zero-order chi connectivity index (χ0) is 22.3. The fraction of sp³-hybridized carbons (Fsp3) is 0.333. The van der Waals surface area contributed by atoms with E-state index < -0.39 is 5.91 Å². The summed E-state index contributed by atoms with van der Waals surface area (Å²) < 4.78 is 0. The minimum atomic E-state index is -0.392.